The van der Waals surface area contributed by atoms with Crippen LogP contribution in [0, 0.1) is 0 Å². The van der Waals surface area contributed by atoms with Gasteiger partial charge in [0.2, 0.25) is 0 Å². The molecule has 0 aromatic carbocycles. The lowest BCUT2D eigenvalue weighted by molar-refractivity contribution is 0.676. The van der Waals surface area contributed by atoms with E-state index in [0.29, 0.717) is 0 Å². The Morgan fingerprint density at radius 2 is 2.09 bits per heavy atom. The zero-order valence-corrected chi connectivity index (χ0v) is 11.0. The number of hydrogen-bond donors (Lipinski definition) is 0. The van der Waals surface area contributed by atoms with Crippen LogP contribution in [0.1, 0.15) is 38.5 Å². The van der Waals surface area contributed by atoms with Crippen LogP contribution in [0.15, 0.2) is 11.6 Å². The van der Waals surface area contributed by atoms with Crippen molar-refractivity contribution in [3.8, 4) is 0 Å². The fraction of sp³-hybridized carbons (Fsp3) is 0.778. The molecule has 1 aliphatic carbocycles. The standard InChI is InChI=1S/C9H14I2/c10-9(11)7-2-1-4-8-5-3-6-8/h5,9H,1-4,6-7H2. The zero-order valence-electron chi connectivity index (χ0n) is 6.65. The second kappa shape index (κ2) is 5.78. The van der Waals surface area contributed by atoms with Crippen LogP contribution in [0.4, 0.5) is 0 Å². The first-order valence-electron chi connectivity index (χ1n) is 4.25. The summed E-state index contributed by atoms with van der Waals surface area (Å²) in [7, 11) is 0. The van der Waals surface area contributed by atoms with E-state index in [9.17, 15) is 0 Å². The molecule has 0 aliphatic heterocycles. The van der Waals surface area contributed by atoms with Crippen molar-refractivity contribution in [2.24, 2.45) is 0 Å². The fourth-order valence-corrected chi connectivity index (χ4v) is 2.11. The van der Waals surface area contributed by atoms with Crippen molar-refractivity contribution in [1.82, 2.24) is 0 Å². The van der Waals surface area contributed by atoms with E-state index in [1.54, 1.807) is 5.57 Å². The Morgan fingerprint density at radius 3 is 2.55 bits per heavy atom. The first kappa shape index (κ1) is 10.3. The highest BCUT2D eigenvalue weighted by molar-refractivity contribution is 14.2. The van der Waals surface area contributed by atoms with Crippen LogP contribution in [0.3, 0.4) is 0 Å². The molecule has 0 N–H and O–H groups in total. The van der Waals surface area contributed by atoms with Gasteiger partial charge in [-0.15, -0.1) is 0 Å². The molecule has 0 radical (unpaired) electrons. The van der Waals surface area contributed by atoms with Gasteiger partial charge < -0.3 is 0 Å². The lowest BCUT2D eigenvalue weighted by Gasteiger charge is -2.13. The van der Waals surface area contributed by atoms with E-state index in [2.05, 4.69) is 51.3 Å². The second-order valence-electron chi connectivity index (χ2n) is 3.04. The highest BCUT2D eigenvalue weighted by Crippen LogP contribution is 2.25. The number of hydrogen-bond acceptors (Lipinski definition) is 0. The van der Waals surface area contributed by atoms with E-state index in [4.69, 9.17) is 0 Å². The highest BCUT2D eigenvalue weighted by atomic mass is 127. The molecular formula is C9H14I2. The third-order valence-electron chi connectivity index (χ3n) is 2.07. The first-order valence-corrected chi connectivity index (χ1v) is 6.74. The van der Waals surface area contributed by atoms with Crippen LogP contribution in [0.2, 0.25) is 0 Å². The van der Waals surface area contributed by atoms with Gasteiger partial charge in [0.25, 0.3) is 0 Å². The van der Waals surface area contributed by atoms with Gasteiger partial charge in [-0.25, -0.2) is 0 Å². The molecule has 0 unspecified atom stereocenters. The summed E-state index contributed by atoms with van der Waals surface area (Å²) < 4.78 is 0.834. The number of rotatable bonds is 5. The van der Waals surface area contributed by atoms with Gasteiger partial charge in [0.15, 0.2) is 0 Å². The summed E-state index contributed by atoms with van der Waals surface area (Å²) in [6.45, 7) is 0. The van der Waals surface area contributed by atoms with E-state index in [1.165, 1.54) is 38.5 Å². The maximum absolute atomic E-state index is 2.49. The Balaban J connectivity index is 1.88. The minimum atomic E-state index is 0.834. The molecule has 2 heteroatoms. The van der Waals surface area contributed by atoms with Crippen LogP contribution in [-0.4, -0.2) is 1.93 Å². The minimum absolute atomic E-state index is 0.834. The van der Waals surface area contributed by atoms with Crippen LogP contribution in [0.25, 0.3) is 0 Å². The molecule has 64 valence electrons. The molecule has 0 saturated carbocycles. The van der Waals surface area contributed by atoms with Crippen LogP contribution in [-0.2, 0) is 0 Å². The minimum Gasteiger partial charge on any atom is -0.0850 e. The van der Waals surface area contributed by atoms with Crippen molar-refractivity contribution in [2.45, 2.75) is 40.5 Å². The molecule has 0 spiro atoms. The van der Waals surface area contributed by atoms with Crippen molar-refractivity contribution in [2.75, 3.05) is 0 Å². The lowest BCUT2D eigenvalue weighted by Crippen LogP contribution is -1.94. The number of allylic oxidation sites excluding steroid dienone is 2. The predicted molar refractivity (Wildman–Crippen MR) is 67.6 cm³/mol. The summed E-state index contributed by atoms with van der Waals surface area (Å²) in [6.07, 6.45) is 10.7. The van der Waals surface area contributed by atoms with Gasteiger partial charge in [-0.3, -0.25) is 0 Å². The summed E-state index contributed by atoms with van der Waals surface area (Å²) in [4.78, 5) is 0. The number of halogens is 2. The van der Waals surface area contributed by atoms with Crippen molar-refractivity contribution < 1.29 is 0 Å². The third-order valence-corrected chi connectivity index (χ3v) is 3.31. The largest absolute Gasteiger partial charge is 0.0850 e. The Kier molecular flexibility index (Phi) is 5.40. The molecular weight excluding hydrogens is 362 g/mol. The van der Waals surface area contributed by atoms with Crippen LogP contribution >= 0.6 is 45.2 Å². The van der Waals surface area contributed by atoms with Gasteiger partial charge in [-0.2, -0.15) is 0 Å². The molecule has 11 heavy (non-hydrogen) atoms. The molecule has 0 atom stereocenters. The molecule has 0 saturated heterocycles. The Morgan fingerprint density at radius 1 is 1.36 bits per heavy atom. The van der Waals surface area contributed by atoms with Crippen molar-refractivity contribution in [1.29, 1.82) is 0 Å². The van der Waals surface area contributed by atoms with Crippen LogP contribution < -0.4 is 0 Å². The molecule has 0 aromatic heterocycles. The monoisotopic (exact) mass is 376 g/mol. The van der Waals surface area contributed by atoms with E-state index in [0.717, 1.165) is 1.93 Å². The van der Waals surface area contributed by atoms with Crippen LogP contribution in [0.5, 0.6) is 0 Å². The van der Waals surface area contributed by atoms with Gasteiger partial charge in [0.1, 0.15) is 0 Å². The van der Waals surface area contributed by atoms with Gasteiger partial charge in [-0.05, 0) is 32.1 Å². The maximum Gasteiger partial charge on any atom is 0.0626 e. The average molecular weight is 376 g/mol. The zero-order chi connectivity index (χ0) is 8.10. The Bertz CT molecular complexity index is 138. The fourth-order valence-electron chi connectivity index (χ4n) is 1.23. The quantitative estimate of drug-likeness (QED) is 0.288. The summed E-state index contributed by atoms with van der Waals surface area (Å²) in [5, 5.41) is 0. The van der Waals surface area contributed by atoms with E-state index >= 15 is 0 Å². The van der Waals surface area contributed by atoms with E-state index < -0.39 is 0 Å². The number of unbranched alkanes of at least 4 members (excludes halogenated alkanes) is 1. The molecule has 0 fully saturated rings. The second-order valence-corrected chi connectivity index (χ2v) is 8.43. The van der Waals surface area contributed by atoms with Crippen molar-refractivity contribution in [3.63, 3.8) is 0 Å². The molecule has 0 bridgehead atoms. The summed E-state index contributed by atoms with van der Waals surface area (Å²) in [6, 6.07) is 0. The Hall–Kier alpha value is 1.20. The maximum atomic E-state index is 2.49. The molecule has 0 amide bonds. The first-order chi connectivity index (χ1) is 5.29. The topological polar surface area (TPSA) is 0 Å². The third kappa shape index (κ3) is 4.70. The summed E-state index contributed by atoms with van der Waals surface area (Å²) in [5.74, 6) is 0. The van der Waals surface area contributed by atoms with E-state index in [1.807, 2.05) is 0 Å². The van der Waals surface area contributed by atoms with E-state index in [-0.39, 0.29) is 0 Å². The molecule has 0 heterocycles. The SMILES string of the molecule is IC(I)CCCCC1=CCC1. The van der Waals surface area contributed by atoms with Crippen molar-refractivity contribution >= 4 is 45.2 Å². The molecule has 0 aromatic rings. The van der Waals surface area contributed by atoms with Crippen molar-refractivity contribution in [3.05, 3.63) is 11.6 Å². The molecule has 0 nitrogen and oxygen atoms in total. The molecule has 1 rings (SSSR count). The van der Waals surface area contributed by atoms with Gasteiger partial charge in [0.05, 0.1) is 1.93 Å². The Labute approximate surface area is 96.5 Å². The highest BCUT2D eigenvalue weighted by Gasteiger charge is 2.04. The average Bonchev–Trinajstić information content (AvgIpc) is 1.82. The normalized spacial score (nSPS) is 16.5. The van der Waals surface area contributed by atoms with Gasteiger partial charge in [-0.1, -0.05) is 63.3 Å². The van der Waals surface area contributed by atoms with Gasteiger partial charge >= 0.3 is 0 Å². The number of alkyl halides is 2. The predicted octanol–water partition coefficient (Wildman–Crippen LogP) is 4.46. The summed E-state index contributed by atoms with van der Waals surface area (Å²) in [5.41, 5.74) is 1.71. The lowest BCUT2D eigenvalue weighted by atomic mass is 9.94. The molecule has 1 aliphatic rings. The summed E-state index contributed by atoms with van der Waals surface area (Å²) >= 11 is 4.99. The van der Waals surface area contributed by atoms with Gasteiger partial charge in [0, 0.05) is 0 Å². The smallest absolute Gasteiger partial charge is 0.0626 e.